The number of aromatic nitrogens is 2. The normalized spacial score (nSPS) is 21.4. The number of hydrogen-bond donors (Lipinski definition) is 1. The second-order valence-corrected chi connectivity index (χ2v) is 7.17. The van der Waals surface area contributed by atoms with Crippen LogP contribution in [-0.2, 0) is 11.8 Å². The van der Waals surface area contributed by atoms with Crippen LogP contribution in [0.15, 0.2) is 12.4 Å². The molecule has 1 amide bonds. The van der Waals surface area contributed by atoms with E-state index in [0.29, 0.717) is 12.3 Å². The SMILES string of the molecule is CC(CC(=O)N1CCNCC1c1nccn1C)C(C)(C)C. The van der Waals surface area contributed by atoms with Gasteiger partial charge in [0.1, 0.15) is 11.9 Å². The molecular formula is C16H28N4O. The summed E-state index contributed by atoms with van der Waals surface area (Å²) in [7, 11) is 1.98. The minimum atomic E-state index is 0.0402. The van der Waals surface area contributed by atoms with Gasteiger partial charge in [0.2, 0.25) is 5.91 Å². The molecule has 2 atom stereocenters. The number of amides is 1. The number of aryl methyl sites for hydroxylation is 1. The Morgan fingerprint density at radius 1 is 1.52 bits per heavy atom. The predicted molar refractivity (Wildman–Crippen MR) is 83.8 cm³/mol. The summed E-state index contributed by atoms with van der Waals surface area (Å²) < 4.78 is 2.01. The molecule has 0 bridgehead atoms. The molecule has 1 N–H and O–H groups in total. The number of imidazole rings is 1. The minimum absolute atomic E-state index is 0.0402. The van der Waals surface area contributed by atoms with E-state index in [-0.39, 0.29) is 17.4 Å². The maximum absolute atomic E-state index is 12.7. The summed E-state index contributed by atoms with van der Waals surface area (Å²) in [6, 6.07) is 0.0402. The molecular weight excluding hydrogens is 264 g/mol. The lowest BCUT2D eigenvalue weighted by molar-refractivity contribution is -0.136. The van der Waals surface area contributed by atoms with Gasteiger partial charge in [-0.25, -0.2) is 4.98 Å². The Kier molecular flexibility index (Phi) is 4.71. The third-order valence-electron chi connectivity index (χ3n) is 4.68. The first-order valence-corrected chi connectivity index (χ1v) is 7.78. The lowest BCUT2D eigenvalue weighted by Crippen LogP contribution is -2.50. The van der Waals surface area contributed by atoms with Crippen LogP contribution >= 0.6 is 0 Å². The molecule has 2 heterocycles. The summed E-state index contributed by atoms with van der Waals surface area (Å²) in [5, 5.41) is 3.37. The molecule has 1 aromatic rings. The molecule has 21 heavy (non-hydrogen) atoms. The van der Waals surface area contributed by atoms with Crippen molar-refractivity contribution in [3.8, 4) is 0 Å². The standard InChI is InChI=1S/C16H28N4O/c1-12(16(2,3)4)10-14(21)20-9-6-17-11-13(20)15-18-7-8-19(15)5/h7-8,12-13,17H,6,9-11H2,1-5H3. The van der Waals surface area contributed by atoms with E-state index in [1.165, 1.54) is 0 Å². The molecule has 2 rings (SSSR count). The summed E-state index contributed by atoms with van der Waals surface area (Å²) in [6.07, 6.45) is 4.33. The second kappa shape index (κ2) is 6.18. The van der Waals surface area contributed by atoms with Gasteiger partial charge in [-0.3, -0.25) is 4.79 Å². The molecule has 5 heteroatoms. The highest BCUT2D eigenvalue weighted by molar-refractivity contribution is 5.77. The zero-order chi connectivity index (χ0) is 15.6. The molecule has 2 unspecified atom stereocenters. The predicted octanol–water partition coefficient (Wildman–Crippen LogP) is 1.97. The van der Waals surface area contributed by atoms with Crippen LogP contribution in [0.2, 0.25) is 0 Å². The largest absolute Gasteiger partial charge is 0.336 e. The number of carbonyl (C=O) groups is 1. The molecule has 0 radical (unpaired) electrons. The summed E-state index contributed by atoms with van der Waals surface area (Å²) in [5.41, 5.74) is 0.155. The zero-order valence-electron chi connectivity index (χ0n) is 13.9. The zero-order valence-corrected chi connectivity index (χ0v) is 13.9. The van der Waals surface area contributed by atoms with E-state index in [0.717, 1.165) is 25.5 Å². The van der Waals surface area contributed by atoms with Crippen molar-refractivity contribution in [3.05, 3.63) is 18.2 Å². The Bertz CT molecular complexity index is 489. The van der Waals surface area contributed by atoms with Crippen molar-refractivity contribution in [3.63, 3.8) is 0 Å². The Hall–Kier alpha value is -1.36. The van der Waals surface area contributed by atoms with Crippen molar-refractivity contribution in [1.82, 2.24) is 19.8 Å². The maximum atomic E-state index is 12.7. The van der Waals surface area contributed by atoms with E-state index >= 15 is 0 Å². The first kappa shape index (κ1) is 16.0. The average molecular weight is 292 g/mol. The quantitative estimate of drug-likeness (QED) is 0.926. The monoisotopic (exact) mass is 292 g/mol. The average Bonchev–Trinajstić information content (AvgIpc) is 2.83. The van der Waals surface area contributed by atoms with Gasteiger partial charge in [-0.1, -0.05) is 27.7 Å². The molecule has 1 saturated heterocycles. The molecule has 1 aliphatic heterocycles. The molecule has 1 fully saturated rings. The number of nitrogens with zero attached hydrogens (tertiary/aromatic N) is 3. The molecule has 118 valence electrons. The van der Waals surface area contributed by atoms with Gasteiger partial charge in [0.25, 0.3) is 0 Å². The van der Waals surface area contributed by atoms with E-state index in [1.54, 1.807) is 6.20 Å². The Balaban J connectivity index is 2.12. The smallest absolute Gasteiger partial charge is 0.223 e. The number of rotatable bonds is 3. The van der Waals surface area contributed by atoms with Crippen molar-refractivity contribution in [2.45, 2.75) is 40.2 Å². The Labute approximate surface area is 127 Å². The van der Waals surface area contributed by atoms with E-state index in [9.17, 15) is 4.79 Å². The third kappa shape index (κ3) is 3.64. The molecule has 5 nitrogen and oxygen atoms in total. The lowest BCUT2D eigenvalue weighted by Gasteiger charge is -2.37. The van der Waals surface area contributed by atoms with Gasteiger partial charge in [-0.05, 0) is 11.3 Å². The van der Waals surface area contributed by atoms with Crippen LogP contribution < -0.4 is 5.32 Å². The van der Waals surface area contributed by atoms with E-state index in [4.69, 9.17) is 0 Å². The van der Waals surface area contributed by atoms with Crippen LogP contribution in [0.25, 0.3) is 0 Å². The fraction of sp³-hybridized carbons (Fsp3) is 0.750. The maximum Gasteiger partial charge on any atom is 0.223 e. The summed E-state index contributed by atoms with van der Waals surface area (Å²) in [4.78, 5) is 19.2. The highest BCUT2D eigenvalue weighted by Crippen LogP contribution is 2.30. The van der Waals surface area contributed by atoms with E-state index in [2.05, 4.69) is 38.0 Å². The fourth-order valence-corrected chi connectivity index (χ4v) is 2.62. The minimum Gasteiger partial charge on any atom is -0.336 e. The summed E-state index contributed by atoms with van der Waals surface area (Å²) in [5.74, 6) is 1.56. The Morgan fingerprint density at radius 3 is 2.81 bits per heavy atom. The first-order valence-electron chi connectivity index (χ1n) is 7.78. The van der Waals surface area contributed by atoms with Gasteiger partial charge >= 0.3 is 0 Å². The van der Waals surface area contributed by atoms with Crippen LogP contribution in [0.5, 0.6) is 0 Å². The topological polar surface area (TPSA) is 50.2 Å². The fourth-order valence-electron chi connectivity index (χ4n) is 2.62. The van der Waals surface area contributed by atoms with Crippen molar-refractivity contribution < 1.29 is 4.79 Å². The van der Waals surface area contributed by atoms with Crippen LogP contribution in [-0.4, -0.2) is 40.0 Å². The second-order valence-electron chi connectivity index (χ2n) is 7.17. The van der Waals surface area contributed by atoms with E-state index < -0.39 is 0 Å². The molecule has 0 aliphatic carbocycles. The summed E-state index contributed by atoms with van der Waals surface area (Å²) >= 11 is 0. The number of nitrogens with one attached hydrogen (secondary N) is 1. The van der Waals surface area contributed by atoms with Crippen molar-refractivity contribution in [2.24, 2.45) is 18.4 Å². The molecule has 0 aromatic carbocycles. The van der Waals surface area contributed by atoms with Crippen LogP contribution in [0.3, 0.4) is 0 Å². The lowest BCUT2D eigenvalue weighted by atomic mass is 9.80. The number of piperazine rings is 1. The van der Waals surface area contributed by atoms with Crippen LogP contribution in [0.1, 0.15) is 46.0 Å². The van der Waals surface area contributed by atoms with Gasteiger partial charge in [0, 0.05) is 45.5 Å². The molecule has 1 aromatic heterocycles. The van der Waals surface area contributed by atoms with Gasteiger partial charge < -0.3 is 14.8 Å². The van der Waals surface area contributed by atoms with Gasteiger partial charge in [-0.15, -0.1) is 0 Å². The summed E-state index contributed by atoms with van der Waals surface area (Å²) in [6.45, 7) is 11.1. The van der Waals surface area contributed by atoms with Gasteiger partial charge in [0.15, 0.2) is 0 Å². The highest BCUT2D eigenvalue weighted by Gasteiger charge is 2.32. The third-order valence-corrected chi connectivity index (χ3v) is 4.68. The Morgan fingerprint density at radius 2 is 2.24 bits per heavy atom. The van der Waals surface area contributed by atoms with Gasteiger partial charge in [-0.2, -0.15) is 0 Å². The van der Waals surface area contributed by atoms with Crippen molar-refractivity contribution in [1.29, 1.82) is 0 Å². The van der Waals surface area contributed by atoms with Crippen molar-refractivity contribution in [2.75, 3.05) is 19.6 Å². The first-order chi connectivity index (χ1) is 9.80. The van der Waals surface area contributed by atoms with Gasteiger partial charge in [0.05, 0.1) is 0 Å². The number of hydrogen-bond acceptors (Lipinski definition) is 3. The molecule has 1 aliphatic rings. The van der Waals surface area contributed by atoms with E-state index in [1.807, 2.05) is 22.7 Å². The highest BCUT2D eigenvalue weighted by atomic mass is 16.2. The van der Waals surface area contributed by atoms with Crippen LogP contribution in [0, 0.1) is 11.3 Å². The molecule has 0 spiro atoms. The molecule has 0 saturated carbocycles. The number of carbonyl (C=O) groups excluding carboxylic acids is 1. The van der Waals surface area contributed by atoms with Crippen LogP contribution in [0.4, 0.5) is 0 Å². The van der Waals surface area contributed by atoms with Crippen molar-refractivity contribution >= 4 is 5.91 Å².